The van der Waals surface area contributed by atoms with Crippen molar-refractivity contribution in [3.63, 3.8) is 0 Å². The Balaban J connectivity index is 2.31. The van der Waals surface area contributed by atoms with Crippen molar-refractivity contribution in [2.24, 2.45) is 0 Å². The minimum Gasteiger partial charge on any atom is -0.478 e. The third-order valence-corrected chi connectivity index (χ3v) is 2.93. The van der Waals surface area contributed by atoms with E-state index in [4.69, 9.17) is 9.84 Å². The first-order valence-corrected chi connectivity index (χ1v) is 6.34. The molecule has 2 aromatic rings. The molecule has 2 rings (SSSR count). The molecule has 6 heteroatoms. The number of benzene rings is 1. The minimum absolute atomic E-state index is 0.234. The Hall–Kier alpha value is -2.21. The van der Waals surface area contributed by atoms with Crippen molar-refractivity contribution in [1.82, 2.24) is 4.98 Å². The Bertz CT molecular complexity index is 673. The van der Waals surface area contributed by atoms with Gasteiger partial charge in [0.2, 0.25) is 5.88 Å². The summed E-state index contributed by atoms with van der Waals surface area (Å²) in [5.74, 6) is -0.841. The zero-order chi connectivity index (χ0) is 14.5. The predicted octanol–water partition coefficient (Wildman–Crippen LogP) is 3.87. The monoisotopic (exact) mass is 337 g/mol. The lowest BCUT2D eigenvalue weighted by molar-refractivity contribution is -0.131. The molecule has 0 amide bonds. The standard InChI is InChI=1S/C14H9BrFNO3/c15-11-8-10(16)4-5-12(11)20-14-9(2-1-7-17-14)3-6-13(18)19/h1-8H,(H,18,19)/b6-3+. The number of aliphatic carboxylic acids is 1. The molecule has 0 aliphatic carbocycles. The van der Waals surface area contributed by atoms with Crippen LogP contribution in [0.15, 0.2) is 47.1 Å². The van der Waals surface area contributed by atoms with Crippen LogP contribution in [0.3, 0.4) is 0 Å². The zero-order valence-corrected chi connectivity index (χ0v) is 11.7. The fraction of sp³-hybridized carbons (Fsp3) is 0. The Labute approximate surface area is 122 Å². The Morgan fingerprint density at radius 2 is 2.20 bits per heavy atom. The molecule has 0 saturated carbocycles. The summed E-state index contributed by atoms with van der Waals surface area (Å²) in [7, 11) is 0. The second-order valence-corrected chi connectivity index (χ2v) is 4.60. The SMILES string of the molecule is O=C(O)/C=C/c1cccnc1Oc1ccc(F)cc1Br. The van der Waals surface area contributed by atoms with Crippen molar-refractivity contribution in [2.75, 3.05) is 0 Å². The van der Waals surface area contributed by atoms with Crippen molar-refractivity contribution in [3.8, 4) is 11.6 Å². The molecule has 0 spiro atoms. The van der Waals surface area contributed by atoms with Crippen LogP contribution in [0.5, 0.6) is 11.6 Å². The highest BCUT2D eigenvalue weighted by atomic mass is 79.9. The van der Waals surface area contributed by atoms with Gasteiger partial charge in [-0.25, -0.2) is 14.2 Å². The Kier molecular flexibility index (Phi) is 4.47. The molecule has 1 aromatic heterocycles. The van der Waals surface area contributed by atoms with Crippen molar-refractivity contribution >= 4 is 28.0 Å². The van der Waals surface area contributed by atoms with Gasteiger partial charge in [0.15, 0.2) is 0 Å². The zero-order valence-electron chi connectivity index (χ0n) is 10.1. The van der Waals surface area contributed by atoms with Crippen molar-refractivity contribution in [3.05, 3.63) is 58.5 Å². The van der Waals surface area contributed by atoms with Gasteiger partial charge in [-0.3, -0.25) is 0 Å². The summed E-state index contributed by atoms with van der Waals surface area (Å²) in [5, 5.41) is 8.63. The van der Waals surface area contributed by atoms with E-state index in [1.165, 1.54) is 30.5 Å². The van der Waals surface area contributed by atoms with E-state index in [1.807, 2.05) is 0 Å². The number of pyridine rings is 1. The van der Waals surface area contributed by atoms with E-state index in [0.29, 0.717) is 15.8 Å². The average Bonchev–Trinajstić information content (AvgIpc) is 2.41. The first kappa shape index (κ1) is 14.2. The maximum Gasteiger partial charge on any atom is 0.328 e. The number of nitrogens with zero attached hydrogens (tertiary/aromatic N) is 1. The molecule has 0 atom stereocenters. The van der Waals surface area contributed by atoms with E-state index in [9.17, 15) is 9.18 Å². The van der Waals surface area contributed by atoms with Gasteiger partial charge >= 0.3 is 5.97 Å². The number of halogens is 2. The summed E-state index contributed by atoms with van der Waals surface area (Å²) >= 11 is 3.19. The van der Waals surface area contributed by atoms with Gasteiger partial charge in [-0.2, -0.15) is 0 Å². The number of ether oxygens (including phenoxy) is 1. The van der Waals surface area contributed by atoms with Crippen LogP contribution in [0.25, 0.3) is 6.08 Å². The Morgan fingerprint density at radius 1 is 1.40 bits per heavy atom. The van der Waals surface area contributed by atoms with Crippen LogP contribution in [0, 0.1) is 5.82 Å². The van der Waals surface area contributed by atoms with Gasteiger partial charge in [0.25, 0.3) is 0 Å². The second-order valence-electron chi connectivity index (χ2n) is 3.75. The number of rotatable bonds is 4. The fourth-order valence-electron chi connectivity index (χ4n) is 1.44. The molecule has 1 aromatic carbocycles. The molecule has 0 radical (unpaired) electrons. The van der Waals surface area contributed by atoms with Crippen LogP contribution in [0.4, 0.5) is 4.39 Å². The topological polar surface area (TPSA) is 59.4 Å². The van der Waals surface area contributed by atoms with Crippen molar-refractivity contribution < 1.29 is 19.0 Å². The first-order valence-electron chi connectivity index (χ1n) is 5.55. The summed E-state index contributed by atoms with van der Waals surface area (Å²) < 4.78 is 19.0. The number of carbonyl (C=O) groups is 1. The minimum atomic E-state index is -1.07. The first-order chi connectivity index (χ1) is 9.56. The fourth-order valence-corrected chi connectivity index (χ4v) is 1.87. The highest BCUT2D eigenvalue weighted by Gasteiger charge is 2.08. The number of hydrogen-bond donors (Lipinski definition) is 1. The molecule has 0 unspecified atom stereocenters. The highest BCUT2D eigenvalue weighted by molar-refractivity contribution is 9.10. The molecule has 4 nitrogen and oxygen atoms in total. The highest BCUT2D eigenvalue weighted by Crippen LogP contribution is 2.31. The van der Waals surface area contributed by atoms with Crippen LogP contribution in [0.1, 0.15) is 5.56 Å². The molecule has 0 saturated heterocycles. The maximum absolute atomic E-state index is 13.0. The third-order valence-electron chi connectivity index (χ3n) is 2.31. The second kappa shape index (κ2) is 6.29. The molecule has 1 heterocycles. The molecular formula is C14H9BrFNO3. The number of aromatic nitrogens is 1. The molecule has 102 valence electrons. The van der Waals surface area contributed by atoms with E-state index in [-0.39, 0.29) is 5.88 Å². The van der Waals surface area contributed by atoms with Gasteiger partial charge < -0.3 is 9.84 Å². The normalized spacial score (nSPS) is 10.7. The van der Waals surface area contributed by atoms with E-state index in [2.05, 4.69) is 20.9 Å². The number of carboxylic acid groups (broad SMARTS) is 1. The van der Waals surface area contributed by atoms with Crippen LogP contribution in [-0.4, -0.2) is 16.1 Å². The summed E-state index contributed by atoms with van der Waals surface area (Å²) in [6, 6.07) is 7.31. The van der Waals surface area contributed by atoms with E-state index < -0.39 is 11.8 Å². The smallest absolute Gasteiger partial charge is 0.328 e. The molecule has 0 aliphatic rings. The number of hydrogen-bond acceptors (Lipinski definition) is 3. The summed E-state index contributed by atoms with van der Waals surface area (Å²) in [6.07, 6.45) is 3.89. The lowest BCUT2D eigenvalue weighted by Crippen LogP contribution is -1.93. The molecular weight excluding hydrogens is 329 g/mol. The largest absolute Gasteiger partial charge is 0.478 e. The predicted molar refractivity (Wildman–Crippen MR) is 75.1 cm³/mol. The van der Waals surface area contributed by atoms with Gasteiger partial charge in [0.1, 0.15) is 11.6 Å². The van der Waals surface area contributed by atoms with Crippen LogP contribution in [-0.2, 0) is 4.79 Å². The van der Waals surface area contributed by atoms with E-state index in [1.54, 1.807) is 12.1 Å². The van der Waals surface area contributed by atoms with Crippen LogP contribution < -0.4 is 4.74 Å². The molecule has 0 fully saturated rings. The lowest BCUT2D eigenvalue weighted by atomic mass is 10.2. The molecule has 20 heavy (non-hydrogen) atoms. The summed E-state index contributed by atoms with van der Waals surface area (Å²) in [5.41, 5.74) is 0.506. The van der Waals surface area contributed by atoms with Gasteiger partial charge in [0, 0.05) is 17.8 Å². The maximum atomic E-state index is 13.0. The van der Waals surface area contributed by atoms with Gasteiger partial charge in [-0.05, 0) is 52.3 Å². The van der Waals surface area contributed by atoms with E-state index in [0.717, 1.165) is 6.08 Å². The summed E-state index contributed by atoms with van der Waals surface area (Å²) in [4.78, 5) is 14.6. The lowest BCUT2D eigenvalue weighted by Gasteiger charge is -2.08. The third kappa shape index (κ3) is 3.64. The molecule has 1 N–H and O–H groups in total. The van der Waals surface area contributed by atoms with Gasteiger partial charge in [-0.15, -0.1) is 0 Å². The summed E-state index contributed by atoms with van der Waals surface area (Å²) in [6.45, 7) is 0. The average molecular weight is 338 g/mol. The number of carboxylic acids is 1. The Morgan fingerprint density at radius 3 is 2.90 bits per heavy atom. The van der Waals surface area contributed by atoms with E-state index >= 15 is 0 Å². The van der Waals surface area contributed by atoms with Gasteiger partial charge in [-0.1, -0.05) is 0 Å². The molecule has 0 bridgehead atoms. The quantitative estimate of drug-likeness (QED) is 0.860. The van der Waals surface area contributed by atoms with Crippen molar-refractivity contribution in [2.45, 2.75) is 0 Å². The van der Waals surface area contributed by atoms with Gasteiger partial charge in [0.05, 0.1) is 4.47 Å². The van der Waals surface area contributed by atoms with Crippen LogP contribution in [0.2, 0.25) is 0 Å². The molecule has 0 aliphatic heterocycles. The van der Waals surface area contributed by atoms with Crippen LogP contribution >= 0.6 is 15.9 Å². The van der Waals surface area contributed by atoms with Crippen molar-refractivity contribution in [1.29, 1.82) is 0 Å².